The summed E-state index contributed by atoms with van der Waals surface area (Å²) in [6.45, 7) is 4.85. The van der Waals surface area contributed by atoms with Crippen molar-refractivity contribution in [3.8, 4) is 0 Å². The molecule has 1 aliphatic heterocycles. The number of hydrogen-bond donors (Lipinski definition) is 1. The molecule has 1 amide bonds. The van der Waals surface area contributed by atoms with Crippen LogP contribution >= 0.6 is 12.4 Å². The van der Waals surface area contributed by atoms with E-state index in [-0.39, 0.29) is 30.1 Å². The number of benzene rings is 1. The number of piperazine rings is 1. The molecule has 1 saturated heterocycles. The maximum atomic E-state index is 13.3. The van der Waals surface area contributed by atoms with Gasteiger partial charge in [-0.3, -0.25) is 4.79 Å². The molecule has 1 aromatic rings. The molecule has 1 heterocycles. The van der Waals surface area contributed by atoms with Gasteiger partial charge in [0, 0.05) is 31.6 Å². The van der Waals surface area contributed by atoms with Crippen LogP contribution in [-0.2, 0) is 4.79 Å². The Morgan fingerprint density at radius 1 is 1.30 bits per heavy atom. The van der Waals surface area contributed by atoms with Gasteiger partial charge >= 0.3 is 6.18 Å². The monoisotopic (exact) mass is 350 g/mol. The van der Waals surface area contributed by atoms with E-state index < -0.39 is 24.4 Å². The summed E-state index contributed by atoms with van der Waals surface area (Å²) in [7, 11) is 0. The number of carbonyl (C=O) groups is 1. The van der Waals surface area contributed by atoms with Crippen LogP contribution in [0, 0.1) is 0 Å². The minimum atomic E-state index is -4.43. The largest absolute Gasteiger partial charge is 0.396 e. The van der Waals surface area contributed by atoms with E-state index in [4.69, 9.17) is 0 Å². The van der Waals surface area contributed by atoms with E-state index in [1.165, 1.54) is 12.1 Å². The molecule has 7 heteroatoms. The van der Waals surface area contributed by atoms with E-state index in [0.717, 1.165) is 0 Å². The minimum Gasteiger partial charge on any atom is -0.337 e. The second kappa shape index (κ2) is 8.02. The van der Waals surface area contributed by atoms with Crippen LogP contribution in [0.3, 0.4) is 0 Å². The summed E-state index contributed by atoms with van der Waals surface area (Å²) in [6, 6.07) is 7.62. The van der Waals surface area contributed by atoms with Crippen LogP contribution in [0.5, 0.6) is 0 Å². The topological polar surface area (TPSA) is 32.3 Å². The van der Waals surface area contributed by atoms with Gasteiger partial charge in [-0.25, -0.2) is 0 Å². The summed E-state index contributed by atoms with van der Waals surface area (Å²) in [5, 5.41) is 3.22. The highest BCUT2D eigenvalue weighted by atomic mass is 35.5. The number of carbonyl (C=O) groups excluding carboxylic acids is 1. The fourth-order valence-electron chi connectivity index (χ4n) is 2.81. The third-order valence-corrected chi connectivity index (χ3v) is 4.33. The number of alkyl halides is 3. The average Bonchev–Trinajstić information content (AvgIpc) is 2.47. The maximum absolute atomic E-state index is 13.3. The Morgan fingerprint density at radius 2 is 1.91 bits per heavy atom. The van der Waals surface area contributed by atoms with Crippen molar-refractivity contribution in [3.63, 3.8) is 0 Å². The standard InChI is InChI=1S/C16H21F3N2O.ClH/c1-11-12(2)21(9-8-20-11)15(22)10-14(16(17,18)19)13-6-4-3-5-7-13;/h3-7,11-12,14,20H,8-10H2,1-2H3;1H. The molecule has 23 heavy (non-hydrogen) atoms. The van der Waals surface area contributed by atoms with Crippen molar-refractivity contribution < 1.29 is 18.0 Å². The summed E-state index contributed by atoms with van der Waals surface area (Å²) in [6.07, 6.45) is -4.97. The normalized spacial score (nSPS) is 23.1. The Balaban J connectivity index is 0.00000264. The van der Waals surface area contributed by atoms with Gasteiger partial charge in [0.1, 0.15) is 0 Å². The SMILES string of the molecule is CC1NCCN(C(=O)CC(c2ccccc2)C(F)(F)F)C1C.Cl. The van der Waals surface area contributed by atoms with Gasteiger partial charge in [0.25, 0.3) is 0 Å². The van der Waals surface area contributed by atoms with Gasteiger partial charge in [0.2, 0.25) is 5.91 Å². The molecule has 0 bridgehead atoms. The quantitative estimate of drug-likeness (QED) is 0.906. The number of nitrogens with zero attached hydrogens (tertiary/aromatic N) is 1. The zero-order valence-corrected chi connectivity index (χ0v) is 14.0. The van der Waals surface area contributed by atoms with Crippen molar-refractivity contribution in [1.82, 2.24) is 10.2 Å². The van der Waals surface area contributed by atoms with Crippen LogP contribution in [0.1, 0.15) is 31.7 Å². The van der Waals surface area contributed by atoms with E-state index in [0.29, 0.717) is 13.1 Å². The third-order valence-electron chi connectivity index (χ3n) is 4.33. The fraction of sp³-hybridized carbons (Fsp3) is 0.562. The van der Waals surface area contributed by atoms with E-state index in [1.54, 1.807) is 23.1 Å². The molecule has 0 aliphatic carbocycles. The molecule has 1 fully saturated rings. The predicted molar refractivity (Wildman–Crippen MR) is 85.7 cm³/mol. The van der Waals surface area contributed by atoms with Gasteiger partial charge in [0.15, 0.2) is 0 Å². The van der Waals surface area contributed by atoms with Gasteiger partial charge < -0.3 is 10.2 Å². The Kier molecular flexibility index (Phi) is 6.89. The van der Waals surface area contributed by atoms with E-state index >= 15 is 0 Å². The Hall–Kier alpha value is -1.27. The minimum absolute atomic E-state index is 0. The number of hydrogen-bond acceptors (Lipinski definition) is 2. The Labute approximate surface area is 140 Å². The highest BCUT2D eigenvalue weighted by Crippen LogP contribution is 2.38. The molecule has 1 aliphatic rings. The molecule has 3 atom stereocenters. The Morgan fingerprint density at radius 3 is 2.48 bits per heavy atom. The molecule has 3 nitrogen and oxygen atoms in total. The number of nitrogens with one attached hydrogen (secondary N) is 1. The lowest BCUT2D eigenvalue weighted by Crippen LogP contribution is -2.57. The molecule has 1 N–H and O–H groups in total. The molecule has 1 aromatic carbocycles. The van der Waals surface area contributed by atoms with Gasteiger partial charge in [0.05, 0.1) is 5.92 Å². The predicted octanol–water partition coefficient (Wildman–Crippen LogP) is 3.35. The molecule has 2 rings (SSSR count). The Bertz CT molecular complexity index is 510. The lowest BCUT2D eigenvalue weighted by Gasteiger charge is -2.39. The van der Waals surface area contributed by atoms with Crippen molar-refractivity contribution in [2.24, 2.45) is 0 Å². The smallest absolute Gasteiger partial charge is 0.337 e. The lowest BCUT2D eigenvalue weighted by molar-refractivity contribution is -0.162. The first-order valence-electron chi connectivity index (χ1n) is 7.45. The first-order chi connectivity index (χ1) is 10.3. The molecule has 130 valence electrons. The van der Waals surface area contributed by atoms with Gasteiger partial charge in [-0.2, -0.15) is 13.2 Å². The highest BCUT2D eigenvalue weighted by Gasteiger charge is 2.43. The summed E-state index contributed by atoms with van der Waals surface area (Å²) < 4.78 is 40.0. The first kappa shape index (κ1) is 19.8. The zero-order chi connectivity index (χ0) is 16.3. The highest BCUT2D eigenvalue weighted by molar-refractivity contribution is 5.85. The molecule has 3 unspecified atom stereocenters. The van der Waals surface area contributed by atoms with Crippen LogP contribution in [0.25, 0.3) is 0 Å². The van der Waals surface area contributed by atoms with Gasteiger partial charge in [-0.05, 0) is 19.4 Å². The molecule has 0 radical (unpaired) electrons. The van der Waals surface area contributed by atoms with E-state index in [1.807, 2.05) is 13.8 Å². The maximum Gasteiger partial charge on any atom is 0.396 e. The summed E-state index contributed by atoms with van der Waals surface area (Å²) in [5.74, 6) is -2.19. The van der Waals surface area contributed by atoms with Gasteiger partial charge in [-0.15, -0.1) is 12.4 Å². The number of halogens is 4. The molecular formula is C16H22ClF3N2O. The second-order valence-corrected chi connectivity index (χ2v) is 5.78. The number of rotatable bonds is 3. The molecule has 0 aromatic heterocycles. The van der Waals surface area contributed by atoms with Crippen molar-refractivity contribution in [1.29, 1.82) is 0 Å². The first-order valence-corrected chi connectivity index (χ1v) is 7.45. The van der Waals surface area contributed by atoms with Crippen molar-refractivity contribution in [2.45, 2.75) is 44.4 Å². The average molecular weight is 351 g/mol. The van der Waals surface area contributed by atoms with Crippen molar-refractivity contribution >= 4 is 18.3 Å². The van der Waals surface area contributed by atoms with Crippen LogP contribution in [0.4, 0.5) is 13.2 Å². The van der Waals surface area contributed by atoms with Crippen LogP contribution < -0.4 is 5.32 Å². The summed E-state index contributed by atoms with van der Waals surface area (Å²) >= 11 is 0. The fourth-order valence-corrected chi connectivity index (χ4v) is 2.81. The molecule has 0 saturated carbocycles. The van der Waals surface area contributed by atoms with Crippen LogP contribution in [-0.4, -0.2) is 42.2 Å². The van der Waals surface area contributed by atoms with E-state index in [9.17, 15) is 18.0 Å². The van der Waals surface area contributed by atoms with Crippen molar-refractivity contribution in [3.05, 3.63) is 35.9 Å². The van der Waals surface area contributed by atoms with Crippen LogP contribution in [0.15, 0.2) is 30.3 Å². The number of amides is 1. The zero-order valence-electron chi connectivity index (χ0n) is 13.1. The summed E-state index contributed by atoms with van der Waals surface area (Å²) in [5.41, 5.74) is 0.138. The third kappa shape index (κ3) is 4.85. The van der Waals surface area contributed by atoms with E-state index in [2.05, 4.69) is 5.32 Å². The molecular weight excluding hydrogens is 329 g/mol. The lowest BCUT2D eigenvalue weighted by atomic mass is 9.93. The second-order valence-electron chi connectivity index (χ2n) is 5.78. The molecule has 0 spiro atoms. The summed E-state index contributed by atoms with van der Waals surface area (Å²) in [4.78, 5) is 13.9. The van der Waals surface area contributed by atoms with Crippen molar-refractivity contribution in [2.75, 3.05) is 13.1 Å². The van der Waals surface area contributed by atoms with Crippen LogP contribution in [0.2, 0.25) is 0 Å². The van der Waals surface area contributed by atoms with Gasteiger partial charge in [-0.1, -0.05) is 30.3 Å².